The number of hydrogen-bond donors (Lipinski definition) is 1. The number of aromatic nitrogens is 3. The van der Waals surface area contributed by atoms with E-state index in [9.17, 15) is 4.79 Å². The molecule has 128 valence electrons. The Hall–Kier alpha value is -2.86. The maximum absolute atomic E-state index is 12.4. The number of amides is 1. The number of carbonyl (C=O) groups excluding carboxylic acids is 1. The third-order valence-electron chi connectivity index (χ3n) is 3.47. The summed E-state index contributed by atoms with van der Waals surface area (Å²) in [5, 5.41) is 7.69. The second-order valence-electron chi connectivity index (χ2n) is 5.28. The minimum Gasteiger partial charge on any atom is -0.494 e. The molecule has 0 saturated heterocycles. The highest BCUT2D eigenvalue weighted by molar-refractivity contribution is 6.30. The molecule has 1 N–H and O–H groups in total. The molecule has 1 aromatic heterocycles. The summed E-state index contributed by atoms with van der Waals surface area (Å²) in [5.74, 6) is 1.09. The van der Waals surface area contributed by atoms with Gasteiger partial charge in [0, 0.05) is 10.7 Å². The number of ether oxygens (including phenoxy) is 1. The summed E-state index contributed by atoms with van der Waals surface area (Å²) in [6.07, 6.45) is 0. The number of anilines is 1. The summed E-state index contributed by atoms with van der Waals surface area (Å²) in [6, 6.07) is 14.3. The summed E-state index contributed by atoms with van der Waals surface area (Å²) in [6.45, 7) is 4.30. The van der Waals surface area contributed by atoms with Gasteiger partial charge < -0.3 is 10.1 Å². The maximum atomic E-state index is 12.4. The van der Waals surface area contributed by atoms with E-state index < -0.39 is 0 Å². The second-order valence-corrected chi connectivity index (χ2v) is 5.72. The molecule has 3 rings (SSSR count). The second kappa shape index (κ2) is 7.36. The van der Waals surface area contributed by atoms with Gasteiger partial charge in [0.2, 0.25) is 5.82 Å². The third kappa shape index (κ3) is 3.97. The molecule has 0 saturated carbocycles. The van der Waals surface area contributed by atoms with E-state index in [1.807, 2.05) is 19.1 Å². The monoisotopic (exact) mass is 356 g/mol. The lowest BCUT2D eigenvalue weighted by Gasteiger charge is -2.05. The van der Waals surface area contributed by atoms with Crippen LogP contribution in [0.3, 0.4) is 0 Å². The number of benzene rings is 2. The Morgan fingerprint density at radius 1 is 1.16 bits per heavy atom. The molecule has 0 aliphatic carbocycles. The fourth-order valence-electron chi connectivity index (χ4n) is 2.30. The minimum atomic E-state index is -0.375. The molecule has 0 atom stereocenters. The van der Waals surface area contributed by atoms with Crippen molar-refractivity contribution in [3.05, 3.63) is 65.2 Å². The molecule has 2 aromatic carbocycles. The molecule has 0 bridgehead atoms. The van der Waals surface area contributed by atoms with Crippen molar-refractivity contribution in [3.63, 3.8) is 0 Å². The molecule has 0 unspecified atom stereocenters. The van der Waals surface area contributed by atoms with Crippen LogP contribution in [-0.4, -0.2) is 27.3 Å². The van der Waals surface area contributed by atoms with E-state index in [0.717, 1.165) is 11.4 Å². The largest absolute Gasteiger partial charge is 0.494 e. The molecule has 1 heterocycles. The van der Waals surface area contributed by atoms with Gasteiger partial charge in [-0.3, -0.25) is 4.79 Å². The predicted octanol–water partition coefficient (Wildman–Crippen LogP) is 3.88. The molecule has 3 aromatic rings. The first kappa shape index (κ1) is 17.0. The van der Waals surface area contributed by atoms with Crippen LogP contribution >= 0.6 is 11.6 Å². The quantitative estimate of drug-likeness (QED) is 0.753. The molecule has 0 aliphatic heterocycles. The molecule has 25 heavy (non-hydrogen) atoms. The number of hydrogen-bond acceptors (Lipinski definition) is 4. The van der Waals surface area contributed by atoms with Crippen molar-refractivity contribution in [1.29, 1.82) is 0 Å². The summed E-state index contributed by atoms with van der Waals surface area (Å²) < 4.78 is 6.98. The van der Waals surface area contributed by atoms with Crippen molar-refractivity contribution in [2.24, 2.45) is 0 Å². The van der Waals surface area contributed by atoms with Gasteiger partial charge in [0.05, 0.1) is 12.3 Å². The SMILES string of the molecule is CCOc1ccc(NC(=O)c2nc(C)n(-c3ccc(Cl)cc3)n2)cc1. The van der Waals surface area contributed by atoms with Gasteiger partial charge in [0.1, 0.15) is 11.6 Å². The smallest absolute Gasteiger partial charge is 0.295 e. The van der Waals surface area contributed by atoms with Crippen molar-refractivity contribution >= 4 is 23.2 Å². The van der Waals surface area contributed by atoms with Gasteiger partial charge >= 0.3 is 0 Å². The lowest BCUT2D eigenvalue weighted by atomic mass is 10.3. The van der Waals surface area contributed by atoms with E-state index in [2.05, 4.69) is 15.4 Å². The van der Waals surface area contributed by atoms with Gasteiger partial charge in [-0.15, -0.1) is 5.10 Å². The van der Waals surface area contributed by atoms with Crippen LogP contribution in [0.5, 0.6) is 5.75 Å². The van der Waals surface area contributed by atoms with Crippen molar-refractivity contribution in [2.45, 2.75) is 13.8 Å². The van der Waals surface area contributed by atoms with E-state index in [0.29, 0.717) is 23.1 Å². The Kier molecular flexibility index (Phi) is 5.00. The van der Waals surface area contributed by atoms with Gasteiger partial charge in [-0.05, 0) is 62.4 Å². The summed E-state index contributed by atoms with van der Waals surface area (Å²) in [5.41, 5.74) is 1.43. The van der Waals surface area contributed by atoms with Crippen LogP contribution in [0.2, 0.25) is 5.02 Å². The van der Waals surface area contributed by atoms with E-state index in [4.69, 9.17) is 16.3 Å². The average Bonchev–Trinajstić information content (AvgIpc) is 3.00. The molecule has 0 radical (unpaired) electrons. The van der Waals surface area contributed by atoms with E-state index >= 15 is 0 Å². The summed E-state index contributed by atoms with van der Waals surface area (Å²) >= 11 is 5.90. The van der Waals surface area contributed by atoms with Crippen molar-refractivity contribution in [2.75, 3.05) is 11.9 Å². The fraction of sp³-hybridized carbons (Fsp3) is 0.167. The van der Waals surface area contributed by atoms with Crippen LogP contribution in [0.25, 0.3) is 5.69 Å². The van der Waals surface area contributed by atoms with Crippen molar-refractivity contribution in [1.82, 2.24) is 14.8 Å². The average molecular weight is 357 g/mol. The van der Waals surface area contributed by atoms with E-state index in [1.165, 1.54) is 0 Å². The van der Waals surface area contributed by atoms with Crippen LogP contribution in [-0.2, 0) is 0 Å². The van der Waals surface area contributed by atoms with Crippen LogP contribution in [0.4, 0.5) is 5.69 Å². The Bertz CT molecular complexity index is 873. The van der Waals surface area contributed by atoms with E-state index in [-0.39, 0.29) is 11.7 Å². The zero-order valence-electron chi connectivity index (χ0n) is 13.9. The topological polar surface area (TPSA) is 69.0 Å². The molecular weight excluding hydrogens is 340 g/mol. The molecule has 0 fully saturated rings. The van der Waals surface area contributed by atoms with Crippen LogP contribution in [0, 0.1) is 6.92 Å². The number of nitrogens with one attached hydrogen (secondary N) is 1. The number of nitrogens with zero attached hydrogens (tertiary/aromatic N) is 3. The highest BCUT2D eigenvalue weighted by Gasteiger charge is 2.15. The maximum Gasteiger partial charge on any atom is 0.295 e. The Labute approximate surface area is 150 Å². The molecular formula is C18H17ClN4O2. The van der Waals surface area contributed by atoms with Crippen LogP contribution < -0.4 is 10.1 Å². The zero-order valence-corrected chi connectivity index (χ0v) is 14.6. The third-order valence-corrected chi connectivity index (χ3v) is 3.72. The highest BCUT2D eigenvalue weighted by Crippen LogP contribution is 2.17. The molecule has 0 spiro atoms. The summed E-state index contributed by atoms with van der Waals surface area (Å²) in [4.78, 5) is 16.6. The van der Waals surface area contributed by atoms with Crippen molar-refractivity contribution < 1.29 is 9.53 Å². The van der Waals surface area contributed by atoms with Gasteiger partial charge in [0.25, 0.3) is 5.91 Å². The normalized spacial score (nSPS) is 10.5. The predicted molar refractivity (Wildman–Crippen MR) is 96.7 cm³/mol. The summed E-state index contributed by atoms with van der Waals surface area (Å²) in [7, 11) is 0. The van der Waals surface area contributed by atoms with Crippen molar-refractivity contribution in [3.8, 4) is 11.4 Å². The Balaban J connectivity index is 1.76. The number of aryl methyl sites for hydroxylation is 1. The number of carbonyl (C=O) groups is 1. The molecule has 7 heteroatoms. The van der Waals surface area contributed by atoms with Gasteiger partial charge in [-0.2, -0.15) is 0 Å². The Morgan fingerprint density at radius 3 is 2.48 bits per heavy atom. The molecule has 0 aliphatic rings. The zero-order chi connectivity index (χ0) is 17.8. The molecule has 1 amide bonds. The lowest BCUT2D eigenvalue weighted by molar-refractivity contribution is 0.101. The van der Waals surface area contributed by atoms with E-state index in [1.54, 1.807) is 48.0 Å². The standard InChI is InChI=1S/C18H17ClN4O2/c1-3-25-16-10-6-14(7-11-16)21-18(24)17-20-12(2)23(22-17)15-8-4-13(19)5-9-15/h4-11H,3H2,1-2H3,(H,21,24). The minimum absolute atomic E-state index is 0.0985. The van der Waals surface area contributed by atoms with Gasteiger partial charge in [0.15, 0.2) is 0 Å². The highest BCUT2D eigenvalue weighted by atomic mass is 35.5. The number of halogens is 1. The van der Waals surface area contributed by atoms with Gasteiger partial charge in [-0.25, -0.2) is 9.67 Å². The number of rotatable bonds is 5. The lowest BCUT2D eigenvalue weighted by Crippen LogP contribution is -2.14. The first-order valence-electron chi connectivity index (χ1n) is 7.80. The van der Waals surface area contributed by atoms with Gasteiger partial charge in [-0.1, -0.05) is 11.6 Å². The van der Waals surface area contributed by atoms with Crippen LogP contribution in [0.15, 0.2) is 48.5 Å². The van der Waals surface area contributed by atoms with Crippen LogP contribution in [0.1, 0.15) is 23.4 Å². The Morgan fingerprint density at radius 2 is 1.84 bits per heavy atom. The first-order chi connectivity index (χ1) is 12.1. The first-order valence-corrected chi connectivity index (χ1v) is 8.18. The fourth-order valence-corrected chi connectivity index (χ4v) is 2.43. The molecule has 6 nitrogen and oxygen atoms in total.